The second-order valence-corrected chi connectivity index (χ2v) is 12.9. The van der Waals surface area contributed by atoms with E-state index in [2.05, 4.69) is 42.6 Å². The van der Waals surface area contributed by atoms with E-state index in [9.17, 15) is 25.2 Å². The molecule has 264 valence electrons. The largest absolute Gasteiger partial charge is 0.394 e. The van der Waals surface area contributed by atoms with Crippen molar-refractivity contribution in [3.8, 4) is 0 Å². The minimum Gasteiger partial charge on any atom is -0.394 e. The van der Waals surface area contributed by atoms with Gasteiger partial charge in [-0.25, -0.2) is 0 Å². The molecule has 0 aliphatic carbocycles. The molecule has 0 aliphatic rings. The summed E-state index contributed by atoms with van der Waals surface area (Å²) in [6, 6.07) is -1.01. The van der Waals surface area contributed by atoms with Gasteiger partial charge in [0.05, 0.1) is 18.8 Å². The van der Waals surface area contributed by atoms with Crippen molar-refractivity contribution in [2.45, 2.75) is 199 Å². The maximum absolute atomic E-state index is 12.4. The molecule has 0 fully saturated rings. The maximum Gasteiger partial charge on any atom is 0.249 e. The van der Waals surface area contributed by atoms with E-state index in [4.69, 9.17) is 0 Å². The van der Waals surface area contributed by atoms with Crippen LogP contribution in [0.3, 0.4) is 0 Å². The van der Waals surface area contributed by atoms with Crippen molar-refractivity contribution in [1.82, 2.24) is 5.32 Å². The molecule has 0 rings (SSSR count). The number of carbonyl (C=O) groups is 1. The van der Waals surface area contributed by atoms with Crippen LogP contribution in [0.15, 0.2) is 36.5 Å². The Morgan fingerprint density at radius 2 is 1.02 bits per heavy atom. The van der Waals surface area contributed by atoms with Crippen LogP contribution in [-0.2, 0) is 4.79 Å². The molecule has 5 N–H and O–H groups in total. The predicted molar refractivity (Wildman–Crippen MR) is 191 cm³/mol. The van der Waals surface area contributed by atoms with Crippen LogP contribution < -0.4 is 5.32 Å². The van der Waals surface area contributed by atoms with Crippen LogP contribution in [0.2, 0.25) is 0 Å². The summed E-state index contributed by atoms with van der Waals surface area (Å²) in [5.41, 5.74) is 0. The molecule has 0 aliphatic heterocycles. The van der Waals surface area contributed by atoms with Crippen LogP contribution in [0.25, 0.3) is 0 Å². The summed E-state index contributed by atoms with van der Waals surface area (Å²) in [6.07, 6.45) is 37.8. The second kappa shape index (κ2) is 33.9. The molecule has 45 heavy (non-hydrogen) atoms. The minimum atomic E-state index is -1.29. The number of hydrogen-bond donors (Lipinski definition) is 5. The van der Waals surface area contributed by atoms with E-state index in [0.29, 0.717) is 19.3 Å². The first-order chi connectivity index (χ1) is 22.0. The number of carbonyl (C=O) groups excluding carboxylic acids is 1. The van der Waals surface area contributed by atoms with E-state index >= 15 is 0 Å². The zero-order valence-electron chi connectivity index (χ0n) is 29.4. The SMILES string of the molecule is C/C=C/CC/C=C/CCCC(O)C(O)C(CO)NC(=O)C(O)CCCCCCCC/C=C\CCCCCCCCCCCCC. The van der Waals surface area contributed by atoms with Crippen LogP contribution in [-0.4, -0.2) is 57.3 Å². The number of hydrogen-bond acceptors (Lipinski definition) is 5. The monoisotopic (exact) mass is 636 g/mol. The Morgan fingerprint density at radius 3 is 1.53 bits per heavy atom. The molecule has 4 atom stereocenters. The molecule has 0 heterocycles. The summed E-state index contributed by atoms with van der Waals surface area (Å²) >= 11 is 0. The summed E-state index contributed by atoms with van der Waals surface area (Å²) in [4.78, 5) is 12.4. The highest BCUT2D eigenvalue weighted by molar-refractivity contribution is 5.80. The molecule has 0 radical (unpaired) electrons. The smallest absolute Gasteiger partial charge is 0.249 e. The first-order valence-corrected chi connectivity index (χ1v) is 18.8. The summed E-state index contributed by atoms with van der Waals surface area (Å²) in [6.45, 7) is 3.77. The Bertz CT molecular complexity index is 722. The molecule has 6 nitrogen and oxygen atoms in total. The van der Waals surface area contributed by atoms with Crippen molar-refractivity contribution in [3.05, 3.63) is 36.5 Å². The molecule has 0 spiro atoms. The van der Waals surface area contributed by atoms with E-state index in [-0.39, 0.29) is 0 Å². The Hall–Kier alpha value is -1.47. The van der Waals surface area contributed by atoms with Crippen molar-refractivity contribution in [2.75, 3.05) is 6.61 Å². The third-order valence-corrected chi connectivity index (χ3v) is 8.65. The first-order valence-electron chi connectivity index (χ1n) is 18.8. The Labute approximate surface area is 277 Å². The highest BCUT2D eigenvalue weighted by Crippen LogP contribution is 2.14. The van der Waals surface area contributed by atoms with Gasteiger partial charge in [-0.15, -0.1) is 0 Å². The summed E-state index contributed by atoms with van der Waals surface area (Å²) in [5.74, 6) is -0.607. The van der Waals surface area contributed by atoms with Gasteiger partial charge in [0.15, 0.2) is 0 Å². The Morgan fingerprint density at radius 1 is 0.578 bits per heavy atom. The first kappa shape index (κ1) is 43.5. The lowest BCUT2D eigenvalue weighted by molar-refractivity contribution is -0.132. The molecule has 0 bridgehead atoms. The van der Waals surface area contributed by atoms with E-state index in [1.165, 1.54) is 89.9 Å². The van der Waals surface area contributed by atoms with Gasteiger partial charge in [0.2, 0.25) is 5.91 Å². The van der Waals surface area contributed by atoms with Crippen LogP contribution in [0.4, 0.5) is 0 Å². The van der Waals surface area contributed by atoms with E-state index < -0.39 is 36.9 Å². The topological polar surface area (TPSA) is 110 Å². The fourth-order valence-corrected chi connectivity index (χ4v) is 5.60. The van der Waals surface area contributed by atoms with Gasteiger partial charge in [0.25, 0.3) is 0 Å². The van der Waals surface area contributed by atoms with Crippen molar-refractivity contribution in [1.29, 1.82) is 0 Å². The molecule has 0 aromatic carbocycles. The zero-order chi connectivity index (χ0) is 33.2. The van der Waals surface area contributed by atoms with Crippen LogP contribution >= 0.6 is 0 Å². The van der Waals surface area contributed by atoms with Gasteiger partial charge < -0.3 is 25.7 Å². The van der Waals surface area contributed by atoms with Gasteiger partial charge >= 0.3 is 0 Å². The normalized spacial score (nSPS) is 14.9. The number of rotatable bonds is 33. The highest BCUT2D eigenvalue weighted by Gasteiger charge is 2.28. The second-order valence-electron chi connectivity index (χ2n) is 12.9. The molecule has 0 aromatic heterocycles. The third-order valence-electron chi connectivity index (χ3n) is 8.65. The highest BCUT2D eigenvalue weighted by atomic mass is 16.3. The van der Waals surface area contributed by atoms with Crippen molar-refractivity contribution in [2.24, 2.45) is 0 Å². The van der Waals surface area contributed by atoms with Gasteiger partial charge in [-0.3, -0.25) is 4.79 Å². The van der Waals surface area contributed by atoms with E-state index in [1.807, 2.05) is 13.0 Å². The van der Waals surface area contributed by atoms with Gasteiger partial charge in [0.1, 0.15) is 12.2 Å². The molecule has 1 amide bonds. The molecule has 0 aromatic rings. The van der Waals surface area contributed by atoms with Crippen molar-refractivity contribution in [3.63, 3.8) is 0 Å². The number of unbranched alkanes of at least 4 members (excludes halogenated alkanes) is 19. The van der Waals surface area contributed by atoms with Crippen LogP contribution in [0.5, 0.6) is 0 Å². The average molecular weight is 636 g/mol. The van der Waals surface area contributed by atoms with Gasteiger partial charge in [-0.2, -0.15) is 0 Å². The maximum atomic E-state index is 12.4. The average Bonchev–Trinajstić information content (AvgIpc) is 3.04. The van der Waals surface area contributed by atoms with Crippen LogP contribution in [0, 0.1) is 0 Å². The molecule has 0 saturated carbocycles. The fourth-order valence-electron chi connectivity index (χ4n) is 5.60. The number of aliphatic hydroxyl groups is 4. The summed E-state index contributed by atoms with van der Waals surface area (Å²) < 4.78 is 0. The third kappa shape index (κ3) is 28.5. The quantitative estimate of drug-likeness (QED) is 0.0365. The fraction of sp³-hybridized carbons (Fsp3) is 0.821. The number of amides is 1. The molecule has 4 unspecified atom stereocenters. The Kier molecular flexibility index (Phi) is 32.8. The molecule has 0 saturated heterocycles. The molecular weight excluding hydrogens is 562 g/mol. The minimum absolute atomic E-state index is 0.352. The van der Waals surface area contributed by atoms with E-state index in [1.54, 1.807) is 0 Å². The van der Waals surface area contributed by atoms with Gasteiger partial charge in [0, 0.05) is 0 Å². The molecular formula is C39H73NO5. The van der Waals surface area contributed by atoms with Crippen molar-refractivity contribution < 1.29 is 25.2 Å². The van der Waals surface area contributed by atoms with E-state index in [0.717, 1.165) is 51.4 Å². The van der Waals surface area contributed by atoms with Crippen LogP contribution in [0.1, 0.15) is 174 Å². The zero-order valence-corrected chi connectivity index (χ0v) is 29.4. The number of aliphatic hydroxyl groups excluding tert-OH is 4. The number of allylic oxidation sites excluding steroid dienone is 6. The van der Waals surface area contributed by atoms with Gasteiger partial charge in [-0.1, -0.05) is 140 Å². The lowest BCUT2D eigenvalue weighted by Gasteiger charge is -2.27. The summed E-state index contributed by atoms with van der Waals surface area (Å²) in [5, 5.41) is 43.2. The lowest BCUT2D eigenvalue weighted by Crippen LogP contribution is -2.53. The van der Waals surface area contributed by atoms with Gasteiger partial charge in [-0.05, 0) is 71.1 Å². The number of nitrogens with one attached hydrogen (secondary N) is 1. The van der Waals surface area contributed by atoms with Crippen molar-refractivity contribution >= 4 is 5.91 Å². The summed E-state index contributed by atoms with van der Waals surface area (Å²) in [7, 11) is 0. The Balaban J connectivity index is 3.75. The molecule has 6 heteroatoms. The standard InChI is InChI=1S/C39H73NO5/c1-3-5-7-9-11-13-14-15-16-17-18-19-20-21-22-23-24-25-27-29-31-33-37(43)39(45)40-35(34-41)38(44)36(42)32-30-28-26-12-10-8-6-4-2/h4,6,12,20-21,26,35-38,41-44H,3,5,7-11,13-19,22-25,27-34H2,1-2H3,(H,40,45)/b6-4+,21-20-,26-12+. The lowest BCUT2D eigenvalue weighted by atomic mass is 10.00. The predicted octanol–water partition coefficient (Wildman–Crippen LogP) is 9.01.